The van der Waals surface area contributed by atoms with E-state index < -0.39 is 0 Å². The van der Waals surface area contributed by atoms with Crippen molar-refractivity contribution in [2.24, 2.45) is 0 Å². The molecule has 1 N–H and O–H groups in total. The van der Waals surface area contributed by atoms with Crippen LogP contribution in [0.1, 0.15) is 18.6 Å². The van der Waals surface area contributed by atoms with Crippen molar-refractivity contribution >= 4 is 38.3 Å². The van der Waals surface area contributed by atoms with Gasteiger partial charge in [0.2, 0.25) is 0 Å². The predicted octanol–water partition coefficient (Wildman–Crippen LogP) is 2.72. The van der Waals surface area contributed by atoms with E-state index in [9.17, 15) is 9.90 Å². The summed E-state index contributed by atoms with van der Waals surface area (Å²) in [6.45, 7) is 1.82. The first kappa shape index (κ1) is 14.7. The van der Waals surface area contributed by atoms with Gasteiger partial charge in [-0.1, -0.05) is 34.7 Å². The summed E-state index contributed by atoms with van der Waals surface area (Å²) in [6.07, 6.45) is 5.00. The number of hydrogen-bond acceptors (Lipinski definition) is 4. The molecule has 0 amide bonds. The van der Waals surface area contributed by atoms with Crippen molar-refractivity contribution in [2.75, 3.05) is 0 Å². The molecule has 0 fully saturated rings. The van der Waals surface area contributed by atoms with E-state index in [1.807, 2.05) is 13.0 Å². The number of halogens is 1. The molecule has 0 atom stereocenters. The zero-order chi connectivity index (χ0) is 13.6. The number of phenols is 1. The minimum absolute atomic E-state index is 0. The number of nitrogens with zero attached hydrogens (tertiary/aromatic N) is 2. The summed E-state index contributed by atoms with van der Waals surface area (Å²) < 4.78 is 2.94. The van der Waals surface area contributed by atoms with Gasteiger partial charge < -0.3 is 5.11 Å². The van der Waals surface area contributed by atoms with Crippen LogP contribution < -0.4 is 10.1 Å². The lowest BCUT2D eigenvalue weighted by atomic mass is 10.1. The number of fused-ring (bicyclic) bond motifs is 1. The Morgan fingerprint density at radius 2 is 2.20 bits per heavy atom. The molecule has 3 aromatic rings. The van der Waals surface area contributed by atoms with Crippen LogP contribution >= 0.6 is 27.3 Å². The van der Waals surface area contributed by atoms with Gasteiger partial charge in [-0.05, 0) is 36.3 Å². The second-order valence-corrected chi connectivity index (χ2v) is 6.02. The molecule has 6 heteroatoms. The lowest BCUT2D eigenvalue weighted by Crippen LogP contribution is -2.22. The van der Waals surface area contributed by atoms with Crippen LogP contribution in [0.5, 0.6) is 5.75 Å². The minimum atomic E-state index is -0.0931. The Balaban J connectivity index is 0.00000147. The molecule has 0 bridgehead atoms. The summed E-state index contributed by atoms with van der Waals surface area (Å²) in [5.41, 5.74) is 1.46. The Hall–Kier alpha value is -1.66. The summed E-state index contributed by atoms with van der Waals surface area (Å²) in [5, 5.41) is 9.74. The maximum Gasteiger partial charge on any atom is 0.274 e. The summed E-state index contributed by atoms with van der Waals surface area (Å²) >= 11 is 4.76. The van der Waals surface area contributed by atoms with Crippen LogP contribution in [0.2, 0.25) is 0 Å². The molecule has 0 aliphatic heterocycles. The highest BCUT2D eigenvalue weighted by Gasteiger charge is 2.06. The standard InChI is InChI=1S/C13H9BrN2O2S.CH4/c1-7-4-9(14)8(5-10(7)17)6-11-12(18)16-3-2-15-13(16)19-11;/h2-6,17H,1H3;1H4/b11-6-;. The smallest absolute Gasteiger partial charge is 0.274 e. The Morgan fingerprint density at radius 3 is 2.90 bits per heavy atom. The number of aryl methyl sites for hydroxylation is 1. The summed E-state index contributed by atoms with van der Waals surface area (Å²) in [6, 6.07) is 3.46. The van der Waals surface area contributed by atoms with Gasteiger partial charge in [0.1, 0.15) is 5.75 Å². The third-order valence-electron chi connectivity index (χ3n) is 2.84. The van der Waals surface area contributed by atoms with Crippen molar-refractivity contribution in [3.8, 4) is 5.75 Å². The fraction of sp³-hybridized carbons (Fsp3) is 0.143. The van der Waals surface area contributed by atoms with Gasteiger partial charge in [0.05, 0.1) is 4.53 Å². The van der Waals surface area contributed by atoms with Crippen molar-refractivity contribution in [1.82, 2.24) is 9.38 Å². The average Bonchev–Trinajstić information content (AvgIpc) is 2.91. The number of thiazole rings is 1. The van der Waals surface area contributed by atoms with Crippen LogP contribution in [0.3, 0.4) is 0 Å². The van der Waals surface area contributed by atoms with Crippen molar-refractivity contribution in [2.45, 2.75) is 14.4 Å². The molecule has 0 spiro atoms. The van der Waals surface area contributed by atoms with E-state index in [1.165, 1.54) is 15.7 Å². The molecule has 0 saturated heterocycles. The van der Waals surface area contributed by atoms with Gasteiger partial charge in [-0.15, -0.1) is 0 Å². The Labute approximate surface area is 128 Å². The monoisotopic (exact) mass is 352 g/mol. The molecular formula is C14H13BrN2O2S. The SMILES string of the molecule is C.Cc1cc(Br)c(/C=c2\sc3nccn3c2=O)cc1O. The zero-order valence-electron chi connectivity index (χ0n) is 9.92. The molecule has 0 aliphatic carbocycles. The second kappa shape index (κ2) is 5.38. The molecule has 20 heavy (non-hydrogen) atoms. The van der Waals surface area contributed by atoms with Crippen molar-refractivity contribution < 1.29 is 5.11 Å². The lowest BCUT2D eigenvalue weighted by Gasteiger charge is -2.02. The van der Waals surface area contributed by atoms with Crippen LogP contribution in [-0.2, 0) is 0 Å². The molecule has 104 valence electrons. The van der Waals surface area contributed by atoms with E-state index in [0.29, 0.717) is 9.49 Å². The maximum absolute atomic E-state index is 12.1. The van der Waals surface area contributed by atoms with Gasteiger partial charge in [-0.25, -0.2) is 4.98 Å². The van der Waals surface area contributed by atoms with Crippen LogP contribution in [0.15, 0.2) is 33.8 Å². The molecule has 3 rings (SSSR count). The molecule has 2 heterocycles. The highest BCUT2D eigenvalue weighted by Crippen LogP contribution is 2.26. The largest absolute Gasteiger partial charge is 0.508 e. The number of rotatable bonds is 1. The molecule has 4 nitrogen and oxygen atoms in total. The molecule has 0 aliphatic rings. The third kappa shape index (κ3) is 2.36. The van der Waals surface area contributed by atoms with E-state index >= 15 is 0 Å². The average molecular weight is 353 g/mol. The fourth-order valence-electron chi connectivity index (χ4n) is 1.80. The van der Waals surface area contributed by atoms with Crippen LogP contribution in [0, 0.1) is 6.92 Å². The van der Waals surface area contributed by atoms with Crippen molar-refractivity contribution in [3.05, 3.63) is 55.0 Å². The second-order valence-electron chi connectivity index (χ2n) is 4.16. The Kier molecular flexibility index (Phi) is 3.96. The van der Waals surface area contributed by atoms with Crippen LogP contribution in [0.25, 0.3) is 11.0 Å². The Bertz CT molecular complexity index is 883. The predicted molar refractivity (Wildman–Crippen MR) is 85.4 cm³/mol. The van der Waals surface area contributed by atoms with E-state index in [2.05, 4.69) is 20.9 Å². The maximum atomic E-state index is 12.1. The number of aromatic hydroxyl groups is 1. The minimum Gasteiger partial charge on any atom is -0.508 e. The highest BCUT2D eigenvalue weighted by molar-refractivity contribution is 9.10. The lowest BCUT2D eigenvalue weighted by molar-refractivity contribution is 0.471. The first-order valence-electron chi connectivity index (χ1n) is 5.53. The normalized spacial score (nSPS) is 11.8. The molecule has 1 aromatic carbocycles. The number of benzene rings is 1. The van der Waals surface area contributed by atoms with Gasteiger partial charge >= 0.3 is 0 Å². The molecule has 2 aromatic heterocycles. The van der Waals surface area contributed by atoms with Crippen molar-refractivity contribution in [1.29, 1.82) is 0 Å². The highest BCUT2D eigenvalue weighted by atomic mass is 79.9. The van der Waals surface area contributed by atoms with Gasteiger partial charge in [0.15, 0.2) is 4.96 Å². The van der Waals surface area contributed by atoms with Crippen molar-refractivity contribution in [3.63, 3.8) is 0 Å². The van der Waals surface area contributed by atoms with Gasteiger partial charge in [-0.3, -0.25) is 9.20 Å². The number of phenolic OH excluding ortho intramolecular Hbond substituents is 1. The summed E-state index contributed by atoms with van der Waals surface area (Å²) in [4.78, 5) is 16.8. The van der Waals surface area contributed by atoms with Gasteiger partial charge in [0, 0.05) is 16.9 Å². The molecular weight excluding hydrogens is 340 g/mol. The quantitative estimate of drug-likeness (QED) is 0.732. The molecule has 0 saturated carbocycles. The van der Waals surface area contributed by atoms with Gasteiger partial charge in [-0.2, -0.15) is 0 Å². The van der Waals surface area contributed by atoms with E-state index in [1.54, 1.807) is 24.5 Å². The van der Waals surface area contributed by atoms with Gasteiger partial charge in [0.25, 0.3) is 5.56 Å². The number of imidazole rings is 1. The summed E-state index contributed by atoms with van der Waals surface area (Å²) in [7, 11) is 0. The Morgan fingerprint density at radius 1 is 1.45 bits per heavy atom. The first-order chi connectivity index (χ1) is 9.06. The van der Waals surface area contributed by atoms with E-state index in [0.717, 1.165) is 15.6 Å². The van der Waals surface area contributed by atoms with E-state index in [4.69, 9.17) is 0 Å². The van der Waals surface area contributed by atoms with Crippen LogP contribution in [-0.4, -0.2) is 14.5 Å². The molecule has 0 radical (unpaired) electrons. The first-order valence-corrected chi connectivity index (χ1v) is 7.14. The van der Waals surface area contributed by atoms with E-state index in [-0.39, 0.29) is 18.7 Å². The fourth-order valence-corrected chi connectivity index (χ4v) is 3.30. The number of aromatic nitrogens is 2. The topological polar surface area (TPSA) is 54.6 Å². The number of hydrogen-bond donors (Lipinski definition) is 1. The molecule has 0 unspecified atom stereocenters. The van der Waals surface area contributed by atoms with Crippen LogP contribution in [0.4, 0.5) is 0 Å². The third-order valence-corrected chi connectivity index (χ3v) is 4.52. The summed E-state index contributed by atoms with van der Waals surface area (Å²) in [5.74, 6) is 0.211. The zero-order valence-corrected chi connectivity index (χ0v) is 12.3.